The van der Waals surface area contributed by atoms with E-state index < -0.39 is 35.7 Å². The maximum Gasteiger partial charge on any atom is 0.453 e. The predicted octanol–water partition coefficient (Wildman–Crippen LogP) is 8.00. The molecule has 43 heavy (non-hydrogen) atoms. The van der Waals surface area contributed by atoms with Crippen molar-refractivity contribution in [2.75, 3.05) is 37.7 Å². The van der Waals surface area contributed by atoms with Crippen molar-refractivity contribution < 1.29 is 36.4 Å². The first kappa shape index (κ1) is 35.2. The van der Waals surface area contributed by atoms with Crippen LogP contribution in [0.4, 0.5) is 22.0 Å². The van der Waals surface area contributed by atoms with Gasteiger partial charge in [0, 0.05) is 35.3 Å². The van der Waals surface area contributed by atoms with Crippen molar-refractivity contribution in [2.45, 2.75) is 82.7 Å². The summed E-state index contributed by atoms with van der Waals surface area (Å²) < 4.78 is 75.0. The van der Waals surface area contributed by atoms with Gasteiger partial charge in [-0.1, -0.05) is 49.2 Å². The van der Waals surface area contributed by atoms with Crippen LogP contribution in [0, 0.1) is 0 Å². The third kappa shape index (κ3) is 11.3. The molecule has 3 rings (SSSR count). The van der Waals surface area contributed by atoms with Gasteiger partial charge in [0.15, 0.2) is 0 Å². The fraction of sp³-hybridized carbons (Fsp3) is 0.576. The van der Waals surface area contributed by atoms with Crippen LogP contribution in [0.5, 0.6) is 5.75 Å². The molecule has 0 heterocycles. The number of aryl methyl sites for hydroxylation is 1. The molecule has 0 saturated carbocycles. The number of alkyl halides is 5. The molecule has 2 aromatic rings. The molecule has 0 spiro atoms. The van der Waals surface area contributed by atoms with Crippen LogP contribution in [0.1, 0.15) is 80.9 Å². The number of fused-ring (bicyclic) bond motifs is 1. The molecular formula is C33H44F5NO3S. The average molecular weight is 630 g/mol. The zero-order chi connectivity index (χ0) is 31.3. The topological polar surface area (TPSA) is 60.8 Å². The Hall–Kier alpha value is -2.30. The number of halogens is 5. The van der Waals surface area contributed by atoms with Gasteiger partial charge in [0.1, 0.15) is 5.75 Å². The van der Waals surface area contributed by atoms with Gasteiger partial charge in [0.05, 0.1) is 6.61 Å². The number of unbranched alkanes of at least 4 members (excludes halogenated alkanes) is 3. The lowest BCUT2D eigenvalue weighted by atomic mass is 9.89. The second kappa shape index (κ2) is 17.3. The van der Waals surface area contributed by atoms with E-state index in [0.29, 0.717) is 25.3 Å². The lowest BCUT2D eigenvalue weighted by Gasteiger charge is -2.21. The SMILES string of the molecule is O=S(CCCN(CCO)CCCCCCC1=C(c2ccccc2)CCCc2cc(O)ccc21)CCCC(F)(F)C(F)(F)F. The van der Waals surface area contributed by atoms with Crippen molar-refractivity contribution in [3.05, 3.63) is 65.2 Å². The molecular weight excluding hydrogens is 585 g/mol. The van der Waals surface area contributed by atoms with Crippen molar-refractivity contribution in [1.82, 2.24) is 4.90 Å². The Morgan fingerprint density at radius 3 is 2.23 bits per heavy atom. The minimum absolute atomic E-state index is 0.0129. The van der Waals surface area contributed by atoms with Gasteiger partial charge in [0.25, 0.3) is 0 Å². The summed E-state index contributed by atoms with van der Waals surface area (Å²) >= 11 is 0. The standard InChI is InChI=1S/C33H44F5NO3S/c34-32(35,33(36,37)38)18-9-23-43(42)24-10-20-39(21-22-40)19-7-2-1-6-14-31-29(26-11-4-3-5-12-26)15-8-13-27-25-28(41)16-17-30(27)31/h3-5,11-12,16-17,25,40-41H,1-2,6-10,13-15,18-24H2. The van der Waals surface area contributed by atoms with Crippen LogP contribution in [-0.4, -0.2) is 69.2 Å². The predicted molar refractivity (Wildman–Crippen MR) is 164 cm³/mol. The molecule has 1 unspecified atom stereocenters. The van der Waals surface area contributed by atoms with Crippen molar-refractivity contribution in [3.8, 4) is 5.75 Å². The second-order valence-electron chi connectivity index (χ2n) is 11.3. The van der Waals surface area contributed by atoms with E-state index in [1.807, 2.05) is 18.2 Å². The van der Waals surface area contributed by atoms with Gasteiger partial charge < -0.3 is 15.1 Å². The van der Waals surface area contributed by atoms with E-state index in [4.69, 9.17) is 0 Å². The number of rotatable bonds is 18. The molecule has 1 aliphatic rings. The monoisotopic (exact) mass is 629 g/mol. The first-order valence-electron chi connectivity index (χ1n) is 15.2. The van der Waals surface area contributed by atoms with Gasteiger partial charge in [-0.25, -0.2) is 0 Å². The Bertz CT molecular complexity index is 1190. The molecule has 2 aromatic carbocycles. The molecule has 1 atom stereocenters. The summed E-state index contributed by atoms with van der Waals surface area (Å²) in [6.07, 6.45) is 1.08. The number of aliphatic hydroxyl groups excluding tert-OH is 1. The van der Waals surface area contributed by atoms with E-state index in [1.165, 1.54) is 27.8 Å². The Morgan fingerprint density at radius 2 is 1.51 bits per heavy atom. The molecule has 240 valence electrons. The van der Waals surface area contributed by atoms with E-state index in [0.717, 1.165) is 57.9 Å². The molecule has 10 heteroatoms. The van der Waals surface area contributed by atoms with Crippen LogP contribution in [0.15, 0.2) is 48.5 Å². The Labute approximate surface area is 254 Å². The van der Waals surface area contributed by atoms with Crippen molar-refractivity contribution in [1.29, 1.82) is 0 Å². The zero-order valence-corrected chi connectivity index (χ0v) is 25.5. The van der Waals surface area contributed by atoms with Gasteiger partial charge in [0.2, 0.25) is 0 Å². The van der Waals surface area contributed by atoms with E-state index >= 15 is 0 Å². The highest BCUT2D eigenvalue weighted by Crippen LogP contribution is 2.40. The molecule has 0 saturated heterocycles. The highest BCUT2D eigenvalue weighted by Gasteiger charge is 2.56. The molecule has 2 N–H and O–H groups in total. The maximum absolute atomic E-state index is 13.0. The lowest BCUT2D eigenvalue weighted by Crippen LogP contribution is -2.36. The summed E-state index contributed by atoms with van der Waals surface area (Å²) in [7, 11) is -1.46. The van der Waals surface area contributed by atoms with Crippen LogP contribution in [0.2, 0.25) is 0 Å². The van der Waals surface area contributed by atoms with Crippen molar-refractivity contribution in [2.24, 2.45) is 0 Å². The van der Waals surface area contributed by atoms with Gasteiger partial charge >= 0.3 is 12.1 Å². The van der Waals surface area contributed by atoms with Gasteiger partial charge in [-0.05, 0) is 104 Å². The number of allylic oxidation sites excluding steroid dienone is 2. The number of aliphatic hydroxyl groups is 1. The summed E-state index contributed by atoms with van der Waals surface area (Å²) in [5, 5.41) is 19.5. The third-order valence-electron chi connectivity index (χ3n) is 7.96. The van der Waals surface area contributed by atoms with Crippen LogP contribution in [-0.2, 0) is 17.2 Å². The first-order chi connectivity index (χ1) is 20.5. The average Bonchev–Trinajstić information content (AvgIpc) is 3.13. The molecule has 0 aliphatic heterocycles. The molecule has 0 fully saturated rings. The molecule has 0 radical (unpaired) electrons. The van der Waals surface area contributed by atoms with Crippen LogP contribution in [0.3, 0.4) is 0 Å². The highest BCUT2D eigenvalue weighted by molar-refractivity contribution is 7.84. The summed E-state index contributed by atoms with van der Waals surface area (Å²) in [5.74, 6) is -4.40. The Kier molecular flexibility index (Phi) is 14.1. The number of hydrogen-bond acceptors (Lipinski definition) is 4. The fourth-order valence-corrected chi connectivity index (χ4v) is 6.83. The van der Waals surface area contributed by atoms with Gasteiger partial charge in [-0.15, -0.1) is 0 Å². The smallest absolute Gasteiger partial charge is 0.453 e. The summed E-state index contributed by atoms with van der Waals surface area (Å²) in [5.41, 5.74) is 6.41. The molecule has 0 amide bonds. The first-order valence-corrected chi connectivity index (χ1v) is 16.7. The highest BCUT2D eigenvalue weighted by atomic mass is 32.2. The number of nitrogens with zero attached hydrogens (tertiary/aromatic N) is 1. The van der Waals surface area contributed by atoms with Gasteiger partial charge in [-0.2, -0.15) is 22.0 Å². The van der Waals surface area contributed by atoms with Crippen molar-refractivity contribution in [3.63, 3.8) is 0 Å². The maximum atomic E-state index is 13.0. The molecule has 0 bridgehead atoms. The second-order valence-corrected chi connectivity index (χ2v) is 13.0. The van der Waals surface area contributed by atoms with Crippen LogP contribution >= 0.6 is 0 Å². The number of hydrogen-bond donors (Lipinski definition) is 2. The minimum Gasteiger partial charge on any atom is -0.508 e. The third-order valence-corrected chi connectivity index (χ3v) is 9.45. The van der Waals surface area contributed by atoms with Gasteiger partial charge in [-0.3, -0.25) is 4.21 Å². The largest absolute Gasteiger partial charge is 0.508 e. The Balaban J connectivity index is 1.43. The zero-order valence-electron chi connectivity index (χ0n) is 24.7. The van der Waals surface area contributed by atoms with E-state index in [-0.39, 0.29) is 18.1 Å². The Morgan fingerprint density at radius 1 is 0.814 bits per heavy atom. The fourth-order valence-electron chi connectivity index (χ4n) is 5.71. The molecule has 0 aromatic heterocycles. The van der Waals surface area contributed by atoms with E-state index in [2.05, 4.69) is 29.2 Å². The number of phenolic OH excluding ortho intramolecular Hbond substituents is 1. The number of phenols is 1. The number of aromatic hydroxyl groups is 1. The minimum atomic E-state index is -5.58. The lowest BCUT2D eigenvalue weighted by molar-refractivity contribution is -0.284. The summed E-state index contributed by atoms with van der Waals surface area (Å²) in [6, 6.07) is 16.2. The quantitative estimate of drug-likeness (QED) is 0.130. The molecule has 1 aliphatic carbocycles. The van der Waals surface area contributed by atoms with Crippen LogP contribution in [0.25, 0.3) is 11.1 Å². The number of benzene rings is 2. The van der Waals surface area contributed by atoms with E-state index in [1.54, 1.807) is 6.07 Å². The normalized spacial score (nSPS) is 15.0. The summed E-state index contributed by atoms with van der Waals surface area (Å²) in [6.45, 7) is 1.81. The van der Waals surface area contributed by atoms with Crippen LogP contribution < -0.4 is 0 Å². The summed E-state index contributed by atoms with van der Waals surface area (Å²) in [4.78, 5) is 2.08. The van der Waals surface area contributed by atoms with E-state index in [9.17, 15) is 36.4 Å². The van der Waals surface area contributed by atoms with Crippen molar-refractivity contribution >= 4 is 21.9 Å². The molecule has 4 nitrogen and oxygen atoms in total.